The van der Waals surface area contributed by atoms with Gasteiger partial charge in [0.25, 0.3) is 0 Å². The maximum atomic E-state index is 11.2. The molecule has 2 heterocycles. The molecule has 0 aromatic carbocycles. The number of nitrogens with zero attached hydrogens (tertiary/aromatic N) is 4. The lowest BCUT2D eigenvalue weighted by Gasteiger charge is -2.17. The normalized spacial score (nSPS) is 23.2. The summed E-state index contributed by atoms with van der Waals surface area (Å²) in [6.07, 6.45) is 1.36. The molecule has 1 N–H and O–H groups in total. The average Bonchev–Trinajstić information content (AvgIpc) is 2.68. The molecule has 1 aromatic rings. The Labute approximate surface area is 105 Å². The van der Waals surface area contributed by atoms with Crippen molar-refractivity contribution in [2.45, 2.75) is 13.8 Å². The summed E-state index contributed by atoms with van der Waals surface area (Å²) in [7, 11) is 1.62. The molecular formula is C11H17N5O2. The average molecular weight is 251 g/mol. The molecule has 0 amide bonds. The Balaban J connectivity index is 2.42. The van der Waals surface area contributed by atoms with Gasteiger partial charge in [-0.2, -0.15) is 0 Å². The van der Waals surface area contributed by atoms with Crippen LogP contribution in [0.25, 0.3) is 0 Å². The van der Waals surface area contributed by atoms with Crippen LogP contribution in [0.5, 0.6) is 0 Å². The van der Waals surface area contributed by atoms with Gasteiger partial charge in [0.15, 0.2) is 0 Å². The van der Waals surface area contributed by atoms with Gasteiger partial charge in [0.05, 0.1) is 4.92 Å². The van der Waals surface area contributed by atoms with Crippen molar-refractivity contribution in [2.75, 3.05) is 30.4 Å². The second-order valence-corrected chi connectivity index (χ2v) is 4.76. The summed E-state index contributed by atoms with van der Waals surface area (Å²) in [4.78, 5) is 20.7. The van der Waals surface area contributed by atoms with Crippen LogP contribution < -0.4 is 10.2 Å². The lowest BCUT2D eigenvalue weighted by molar-refractivity contribution is -0.383. The molecule has 0 radical (unpaired) electrons. The number of hydrogen-bond donors (Lipinski definition) is 1. The quantitative estimate of drug-likeness (QED) is 0.647. The molecule has 1 fully saturated rings. The first-order valence-corrected chi connectivity index (χ1v) is 5.96. The van der Waals surface area contributed by atoms with Crippen molar-refractivity contribution in [3.63, 3.8) is 0 Å². The summed E-state index contributed by atoms with van der Waals surface area (Å²) in [5.41, 5.74) is -0.0405. The van der Waals surface area contributed by atoms with Gasteiger partial charge in [-0.3, -0.25) is 10.1 Å². The monoisotopic (exact) mass is 251 g/mol. The Morgan fingerprint density at radius 3 is 2.50 bits per heavy atom. The molecule has 7 nitrogen and oxygen atoms in total. The molecule has 0 bridgehead atoms. The first kappa shape index (κ1) is 12.5. The lowest BCUT2D eigenvalue weighted by Crippen LogP contribution is -2.22. The van der Waals surface area contributed by atoms with Crippen LogP contribution in [0.4, 0.5) is 17.3 Å². The van der Waals surface area contributed by atoms with Gasteiger partial charge in [0.2, 0.25) is 11.6 Å². The summed E-state index contributed by atoms with van der Waals surface area (Å²) in [5, 5.41) is 13.9. The Kier molecular flexibility index (Phi) is 3.31. The van der Waals surface area contributed by atoms with E-state index in [1.54, 1.807) is 7.05 Å². The third kappa shape index (κ3) is 2.07. The third-order valence-corrected chi connectivity index (χ3v) is 3.51. The zero-order valence-electron chi connectivity index (χ0n) is 10.8. The molecule has 1 aliphatic rings. The first-order chi connectivity index (χ1) is 8.54. The number of rotatable bonds is 3. The van der Waals surface area contributed by atoms with E-state index in [-0.39, 0.29) is 11.5 Å². The van der Waals surface area contributed by atoms with E-state index in [1.165, 1.54) is 6.33 Å². The molecule has 18 heavy (non-hydrogen) atoms. The van der Waals surface area contributed by atoms with Gasteiger partial charge in [0.1, 0.15) is 6.33 Å². The molecule has 1 saturated heterocycles. The van der Waals surface area contributed by atoms with Gasteiger partial charge < -0.3 is 10.2 Å². The zero-order valence-corrected chi connectivity index (χ0v) is 10.8. The van der Waals surface area contributed by atoms with E-state index in [0.29, 0.717) is 17.7 Å². The second kappa shape index (κ2) is 4.75. The van der Waals surface area contributed by atoms with Crippen molar-refractivity contribution in [3.8, 4) is 0 Å². The number of nitro groups is 1. The van der Waals surface area contributed by atoms with Crippen LogP contribution in [0.15, 0.2) is 6.33 Å². The molecule has 2 rings (SSSR count). The molecule has 7 heteroatoms. The molecular weight excluding hydrogens is 234 g/mol. The van der Waals surface area contributed by atoms with Crippen LogP contribution in [0.2, 0.25) is 0 Å². The highest BCUT2D eigenvalue weighted by molar-refractivity contribution is 5.70. The van der Waals surface area contributed by atoms with E-state index in [2.05, 4.69) is 29.1 Å². The minimum absolute atomic E-state index is 0.0405. The summed E-state index contributed by atoms with van der Waals surface area (Å²) in [6, 6.07) is 0. The van der Waals surface area contributed by atoms with Crippen molar-refractivity contribution in [3.05, 3.63) is 16.4 Å². The summed E-state index contributed by atoms with van der Waals surface area (Å²) < 4.78 is 0. The molecule has 98 valence electrons. The number of hydrogen-bond acceptors (Lipinski definition) is 6. The van der Waals surface area contributed by atoms with E-state index < -0.39 is 4.92 Å². The summed E-state index contributed by atoms with van der Waals surface area (Å²) in [5.74, 6) is 1.70. The minimum atomic E-state index is -0.422. The molecule has 1 aliphatic heterocycles. The molecule has 1 aromatic heterocycles. The van der Waals surface area contributed by atoms with Crippen molar-refractivity contribution in [2.24, 2.45) is 11.8 Å². The van der Waals surface area contributed by atoms with Crippen LogP contribution in [0.3, 0.4) is 0 Å². The highest BCUT2D eigenvalue weighted by Gasteiger charge is 2.33. The van der Waals surface area contributed by atoms with E-state index in [0.717, 1.165) is 13.1 Å². The molecule has 2 unspecified atom stereocenters. The standard InChI is InChI=1S/C11H17N5O2/c1-7-4-15(5-8(7)2)11-9(16(17)18)10(12-3)13-6-14-11/h6-8H,4-5H2,1-3H3,(H,12,13,14). The van der Waals surface area contributed by atoms with Crippen molar-refractivity contribution in [1.82, 2.24) is 9.97 Å². The van der Waals surface area contributed by atoms with Crippen LogP contribution in [-0.2, 0) is 0 Å². The van der Waals surface area contributed by atoms with Crippen molar-refractivity contribution in [1.29, 1.82) is 0 Å². The molecule has 0 spiro atoms. The number of anilines is 2. The smallest absolute Gasteiger partial charge is 0.353 e. The van der Waals surface area contributed by atoms with Gasteiger partial charge in [-0.25, -0.2) is 9.97 Å². The summed E-state index contributed by atoms with van der Waals surface area (Å²) in [6.45, 7) is 5.89. The predicted molar refractivity (Wildman–Crippen MR) is 68.8 cm³/mol. The number of aromatic nitrogens is 2. The van der Waals surface area contributed by atoms with Crippen molar-refractivity contribution >= 4 is 17.3 Å². The SMILES string of the molecule is CNc1ncnc(N2CC(C)C(C)C2)c1[N+](=O)[O-]. The largest absolute Gasteiger partial charge is 0.367 e. The minimum Gasteiger partial charge on any atom is -0.367 e. The lowest BCUT2D eigenvalue weighted by atomic mass is 10.0. The fourth-order valence-electron chi connectivity index (χ4n) is 2.25. The highest BCUT2D eigenvalue weighted by atomic mass is 16.6. The zero-order chi connectivity index (χ0) is 13.3. The van der Waals surface area contributed by atoms with Gasteiger partial charge in [-0.05, 0) is 11.8 Å². The maximum absolute atomic E-state index is 11.2. The molecule has 0 saturated carbocycles. The van der Waals surface area contributed by atoms with Gasteiger partial charge >= 0.3 is 5.69 Å². The van der Waals surface area contributed by atoms with E-state index in [1.807, 2.05) is 4.90 Å². The van der Waals surface area contributed by atoms with Crippen molar-refractivity contribution < 1.29 is 4.92 Å². The Morgan fingerprint density at radius 2 is 2.00 bits per heavy atom. The Bertz CT molecular complexity index is 455. The highest BCUT2D eigenvalue weighted by Crippen LogP contribution is 2.35. The fraction of sp³-hybridized carbons (Fsp3) is 0.636. The van der Waals surface area contributed by atoms with E-state index in [9.17, 15) is 10.1 Å². The molecule has 2 atom stereocenters. The van der Waals surface area contributed by atoms with Crippen LogP contribution in [0.1, 0.15) is 13.8 Å². The predicted octanol–water partition coefficient (Wildman–Crippen LogP) is 1.52. The third-order valence-electron chi connectivity index (χ3n) is 3.51. The Morgan fingerprint density at radius 1 is 1.39 bits per heavy atom. The van der Waals surface area contributed by atoms with Gasteiger partial charge in [0, 0.05) is 20.1 Å². The van der Waals surface area contributed by atoms with Crippen LogP contribution in [-0.4, -0.2) is 35.0 Å². The first-order valence-electron chi connectivity index (χ1n) is 5.96. The molecule has 0 aliphatic carbocycles. The number of nitrogens with one attached hydrogen (secondary N) is 1. The fourth-order valence-corrected chi connectivity index (χ4v) is 2.25. The van der Waals surface area contributed by atoms with Crippen LogP contribution in [0, 0.1) is 22.0 Å². The van der Waals surface area contributed by atoms with E-state index in [4.69, 9.17) is 0 Å². The second-order valence-electron chi connectivity index (χ2n) is 4.76. The van der Waals surface area contributed by atoms with E-state index >= 15 is 0 Å². The van der Waals surface area contributed by atoms with Gasteiger partial charge in [-0.15, -0.1) is 0 Å². The summed E-state index contributed by atoms with van der Waals surface area (Å²) >= 11 is 0. The Hall–Kier alpha value is -1.92. The maximum Gasteiger partial charge on any atom is 0.353 e. The van der Waals surface area contributed by atoms with Gasteiger partial charge in [-0.1, -0.05) is 13.8 Å². The van der Waals surface area contributed by atoms with Crippen LogP contribution >= 0.6 is 0 Å². The topological polar surface area (TPSA) is 84.2 Å².